The Kier molecular flexibility index (Phi) is 8.73. The standard InChI is InChI=1S/C24H32N4O5S/c1-17(2)13-21(27-34(32,33)20-7-4-3-5-8-20)22(29)14-19-10-9-18-15-26-28(16-18)12-6-11-25-24(31)23(19)30/h3-5,7-8,15-17,19,21,27H,6,9-14H2,1-2H3,(H,25,31). The minimum absolute atomic E-state index is 0.0357. The summed E-state index contributed by atoms with van der Waals surface area (Å²) in [5, 5.41) is 6.91. The van der Waals surface area contributed by atoms with Gasteiger partial charge in [-0.05, 0) is 49.3 Å². The minimum atomic E-state index is -3.92. The van der Waals surface area contributed by atoms with Gasteiger partial charge in [0, 0.05) is 31.6 Å². The van der Waals surface area contributed by atoms with Gasteiger partial charge in [-0.25, -0.2) is 13.1 Å². The first kappa shape index (κ1) is 25.8. The van der Waals surface area contributed by atoms with Gasteiger partial charge in [0.15, 0.2) is 5.78 Å². The molecule has 10 heteroatoms. The van der Waals surface area contributed by atoms with E-state index in [1.54, 1.807) is 29.1 Å². The van der Waals surface area contributed by atoms with Crippen molar-refractivity contribution in [2.24, 2.45) is 11.8 Å². The molecule has 2 N–H and O–H groups in total. The Hall–Kier alpha value is -2.85. The zero-order chi connectivity index (χ0) is 24.7. The van der Waals surface area contributed by atoms with Crippen LogP contribution in [-0.2, 0) is 37.4 Å². The number of rotatable bonds is 8. The highest BCUT2D eigenvalue weighted by atomic mass is 32.2. The van der Waals surface area contributed by atoms with Crippen molar-refractivity contribution in [2.45, 2.75) is 63.4 Å². The van der Waals surface area contributed by atoms with Crippen LogP contribution in [0.5, 0.6) is 0 Å². The number of carbonyl (C=O) groups is 3. The largest absolute Gasteiger partial charge is 0.349 e. The van der Waals surface area contributed by atoms with E-state index in [0.717, 1.165) is 5.56 Å². The van der Waals surface area contributed by atoms with Crippen molar-refractivity contribution >= 4 is 27.5 Å². The normalized spacial score (nSPS) is 18.6. The highest BCUT2D eigenvalue weighted by Crippen LogP contribution is 2.20. The lowest BCUT2D eigenvalue weighted by Crippen LogP contribution is -2.44. The van der Waals surface area contributed by atoms with E-state index < -0.39 is 39.5 Å². The van der Waals surface area contributed by atoms with Crippen molar-refractivity contribution in [3.8, 4) is 0 Å². The summed E-state index contributed by atoms with van der Waals surface area (Å²) in [5.74, 6) is -2.56. The summed E-state index contributed by atoms with van der Waals surface area (Å²) in [6.07, 6.45) is 5.11. The van der Waals surface area contributed by atoms with Crippen LogP contribution in [0, 0.1) is 11.8 Å². The van der Waals surface area contributed by atoms with E-state index in [2.05, 4.69) is 15.1 Å². The molecule has 0 spiro atoms. The third-order valence-corrected chi connectivity index (χ3v) is 7.29. The maximum Gasteiger partial charge on any atom is 0.287 e. The third-order valence-electron chi connectivity index (χ3n) is 5.81. The number of carbonyl (C=O) groups excluding carboxylic acids is 3. The number of aromatic nitrogens is 2. The van der Waals surface area contributed by atoms with Gasteiger partial charge in [-0.15, -0.1) is 0 Å². The summed E-state index contributed by atoms with van der Waals surface area (Å²) in [6, 6.07) is 6.85. The Morgan fingerprint density at radius 1 is 1.24 bits per heavy atom. The molecule has 9 nitrogen and oxygen atoms in total. The number of fused-ring (bicyclic) bond motifs is 2. The maximum atomic E-state index is 13.3. The maximum absolute atomic E-state index is 13.3. The SMILES string of the molecule is CC(C)CC(NS(=O)(=O)c1ccccc1)C(=O)CC1CCc2cnn(c2)CCCNC(=O)C1=O. The van der Waals surface area contributed by atoms with E-state index >= 15 is 0 Å². The zero-order valence-electron chi connectivity index (χ0n) is 19.6. The molecular formula is C24H32N4O5S. The van der Waals surface area contributed by atoms with Crippen LogP contribution in [0.1, 0.15) is 45.1 Å². The molecule has 2 heterocycles. The lowest BCUT2D eigenvalue weighted by atomic mass is 9.87. The molecule has 0 aliphatic carbocycles. The smallest absolute Gasteiger partial charge is 0.287 e. The molecule has 0 radical (unpaired) electrons. The lowest BCUT2D eigenvalue weighted by molar-refractivity contribution is -0.141. The van der Waals surface area contributed by atoms with E-state index in [0.29, 0.717) is 32.4 Å². The predicted octanol–water partition coefficient (Wildman–Crippen LogP) is 1.87. The van der Waals surface area contributed by atoms with Crippen LogP contribution in [0.25, 0.3) is 0 Å². The van der Waals surface area contributed by atoms with Gasteiger partial charge in [0.1, 0.15) is 0 Å². The van der Waals surface area contributed by atoms with Gasteiger partial charge >= 0.3 is 0 Å². The van der Waals surface area contributed by atoms with Gasteiger partial charge in [0.25, 0.3) is 5.91 Å². The van der Waals surface area contributed by atoms with Gasteiger partial charge in [0.2, 0.25) is 15.8 Å². The van der Waals surface area contributed by atoms with Crippen LogP contribution in [0.3, 0.4) is 0 Å². The average molecular weight is 489 g/mol. The molecule has 1 aromatic heterocycles. The van der Waals surface area contributed by atoms with Gasteiger partial charge in [-0.3, -0.25) is 19.1 Å². The molecule has 3 rings (SSSR count). The quantitative estimate of drug-likeness (QED) is 0.546. The molecule has 1 aliphatic rings. The van der Waals surface area contributed by atoms with E-state index in [9.17, 15) is 22.8 Å². The van der Waals surface area contributed by atoms with E-state index in [-0.39, 0.29) is 23.7 Å². The molecule has 2 aromatic rings. The number of benzene rings is 1. The summed E-state index contributed by atoms with van der Waals surface area (Å²) in [6.45, 7) is 4.74. The van der Waals surface area contributed by atoms with Crippen LogP contribution in [0.2, 0.25) is 0 Å². The Morgan fingerprint density at radius 2 is 1.97 bits per heavy atom. The lowest BCUT2D eigenvalue weighted by Gasteiger charge is -2.22. The molecule has 0 saturated carbocycles. The summed E-state index contributed by atoms with van der Waals surface area (Å²) in [4.78, 5) is 38.7. The number of nitrogens with one attached hydrogen (secondary N) is 2. The number of ketones is 2. The van der Waals surface area contributed by atoms with Crippen LogP contribution in [0.15, 0.2) is 47.6 Å². The van der Waals surface area contributed by atoms with Gasteiger partial charge in [0.05, 0.1) is 17.1 Å². The summed E-state index contributed by atoms with van der Waals surface area (Å²) in [7, 11) is -3.92. The highest BCUT2D eigenvalue weighted by Gasteiger charge is 2.32. The molecule has 2 atom stereocenters. The molecule has 184 valence electrons. The molecule has 2 unspecified atom stereocenters. The monoisotopic (exact) mass is 488 g/mol. The molecule has 34 heavy (non-hydrogen) atoms. The molecule has 0 saturated heterocycles. The van der Waals surface area contributed by atoms with Crippen molar-refractivity contribution in [1.29, 1.82) is 0 Å². The average Bonchev–Trinajstić information content (AvgIpc) is 3.25. The predicted molar refractivity (Wildman–Crippen MR) is 126 cm³/mol. The van der Waals surface area contributed by atoms with Gasteiger partial charge in [-0.1, -0.05) is 32.0 Å². The van der Waals surface area contributed by atoms with E-state index in [1.165, 1.54) is 12.1 Å². The number of sulfonamides is 1. The number of hydrogen-bond acceptors (Lipinski definition) is 6. The first-order valence-corrected chi connectivity index (χ1v) is 13.1. The van der Waals surface area contributed by atoms with E-state index in [1.807, 2.05) is 20.0 Å². The van der Waals surface area contributed by atoms with Crippen molar-refractivity contribution in [2.75, 3.05) is 6.54 Å². The number of nitrogens with zero attached hydrogens (tertiary/aromatic N) is 2. The molecule has 1 aromatic carbocycles. The summed E-state index contributed by atoms with van der Waals surface area (Å²) < 4.78 is 30.0. The second kappa shape index (κ2) is 11.5. The second-order valence-corrected chi connectivity index (χ2v) is 10.8. The number of Topliss-reactive ketones (excluding diaryl/α,β-unsaturated/α-hetero) is 2. The van der Waals surface area contributed by atoms with Crippen LogP contribution in [-0.4, -0.2) is 48.3 Å². The van der Waals surface area contributed by atoms with Crippen molar-refractivity contribution in [3.05, 3.63) is 48.3 Å². The van der Waals surface area contributed by atoms with E-state index in [4.69, 9.17) is 0 Å². The Balaban J connectivity index is 1.79. The fourth-order valence-electron chi connectivity index (χ4n) is 4.00. The molecule has 1 aliphatic heterocycles. The Bertz CT molecular complexity index is 1110. The first-order valence-electron chi connectivity index (χ1n) is 11.6. The molecule has 2 bridgehead atoms. The number of amides is 1. The fourth-order valence-corrected chi connectivity index (χ4v) is 5.25. The minimum Gasteiger partial charge on any atom is -0.349 e. The topological polar surface area (TPSA) is 127 Å². The molecular weight excluding hydrogens is 456 g/mol. The Morgan fingerprint density at radius 3 is 2.68 bits per heavy atom. The van der Waals surface area contributed by atoms with Crippen LogP contribution in [0.4, 0.5) is 0 Å². The highest BCUT2D eigenvalue weighted by molar-refractivity contribution is 7.89. The zero-order valence-corrected chi connectivity index (χ0v) is 20.4. The first-order chi connectivity index (χ1) is 16.2. The van der Waals surface area contributed by atoms with Gasteiger partial charge in [-0.2, -0.15) is 5.10 Å². The Labute approximate surface area is 200 Å². The van der Waals surface area contributed by atoms with Crippen LogP contribution < -0.4 is 10.0 Å². The van der Waals surface area contributed by atoms with Gasteiger partial charge < -0.3 is 5.32 Å². The van der Waals surface area contributed by atoms with Crippen molar-refractivity contribution < 1.29 is 22.8 Å². The fraction of sp³-hybridized carbons (Fsp3) is 0.500. The van der Waals surface area contributed by atoms with Crippen molar-refractivity contribution in [1.82, 2.24) is 19.8 Å². The van der Waals surface area contributed by atoms with Crippen molar-refractivity contribution in [3.63, 3.8) is 0 Å². The summed E-state index contributed by atoms with van der Waals surface area (Å²) >= 11 is 0. The third kappa shape index (κ3) is 7.07. The second-order valence-electron chi connectivity index (χ2n) is 9.11. The molecule has 1 amide bonds. The summed E-state index contributed by atoms with van der Waals surface area (Å²) in [5.41, 5.74) is 0.926. The van der Waals surface area contributed by atoms with Crippen LogP contribution >= 0.6 is 0 Å². The number of hydrogen-bond donors (Lipinski definition) is 2. The molecule has 0 fully saturated rings. The number of aryl methyl sites for hydroxylation is 2.